The van der Waals surface area contributed by atoms with E-state index in [1.54, 1.807) is 6.33 Å². The van der Waals surface area contributed by atoms with Gasteiger partial charge in [0.15, 0.2) is 0 Å². The van der Waals surface area contributed by atoms with Gasteiger partial charge in [-0.3, -0.25) is 9.78 Å². The minimum Gasteiger partial charge on any atom is -0.359 e. The van der Waals surface area contributed by atoms with E-state index in [-0.39, 0.29) is 5.91 Å². The number of pyridine rings is 1. The molecule has 0 spiro atoms. The highest BCUT2D eigenvalue weighted by Gasteiger charge is 2.26. The van der Waals surface area contributed by atoms with Gasteiger partial charge in [-0.2, -0.15) is 0 Å². The Hall–Kier alpha value is -2.54. The van der Waals surface area contributed by atoms with Crippen molar-refractivity contribution in [2.45, 2.75) is 26.2 Å². The molecule has 0 N–H and O–H groups in total. The molecule has 4 rings (SSSR count). The van der Waals surface area contributed by atoms with Gasteiger partial charge < -0.3 is 9.80 Å². The molecule has 0 atom stereocenters. The topological polar surface area (TPSA) is 62.2 Å². The summed E-state index contributed by atoms with van der Waals surface area (Å²) in [7, 11) is 2.03. The molecule has 1 aliphatic rings. The molecule has 0 aromatic carbocycles. The van der Waals surface area contributed by atoms with Crippen LogP contribution in [0.25, 0.3) is 10.2 Å². The number of aryl methyl sites for hydroxylation is 1. The zero-order valence-corrected chi connectivity index (χ0v) is 16.5. The van der Waals surface area contributed by atoms with Crippen molar-refractivity contribution in [1.82, 2.24) is 19.9 Å². The van der Waals surface area contributed by atoms with Gasteiger partial charge >= 0.3 is 0 Å². The normalized spacial score (nSPS) is 14.1. The smallest absolute Gasteiger partial charge is 0.264 e. The molecule has 1 amide bonds. The second kappa shape index (κ2) is 7.60. The van der Waals surface area contributed by atoms with Crippen molar-refractivity contribution in [3.8, 4) is 0 Å². The van der Waals surface area contributed by atoms with Crippen LogP contribution in [0.3, 0.4) is 0 Å². The fourth-order valence-electron chi connectivity index (χ4n) is 3.54. The molecule has 0 radical (unpaired) electrons. The lowest BCUT2D eigenvalue weighted by atomic mass is 10.1. The fourth-order valence-corrected chi connectivity index (χ4v) is 4.66. The van der Waals surface area contributed by atoms with E-state index in [2.05, 4.69) is 19.9 Å². The van der Waals surface area contributed by atoms with E-state index in [4.69, 9.17) is 0 Å². The number of likely N-dealkylation sites (N-methyl/N-ethyl adjacent to an activating group) is 1. The Labute approximate surface area is 162 Å². The molecule has 1 saturated heterocycles. The van der Waals surface area contributed by atoms with Gasteiger partial charge in [0.25, 0.3) is 5.91 Å². The van der Waals surface area contributed by atoms with E-state index < -0.39 is 0 Å². The highest BCUT2D eigenvalue weighted by Crippen LogP contribution is 2.35. The van der Waals surface area contributed by atoms with E-state index >= 15 is 0 Å². The summed E-state index contributed by atoms with van der Waals surface area (Å²) in [6.45, 7) is 4.53. The van der Waals surface area contributed by atoms with Crippen LogP contribution in [0, 0.1) is 6.92 Å². The third kappa shape index (κ3) is 3.51. The first-order valence-electron chi connectivity index (χ1n) is 9.29. The second-order valence-corrected chi connectivity index (χ2v) is 7.92. The van der Waals surface area contributed by atoms with Crippen molar-refractivity contribution in [2.24, 2.45) is 0 Å². The summed E-state index contributed by atoms with van der Waals surface area (Å²) in [5.74, 6) is 1.01. The molecule has 27 heavy (non-hydrogen) atoms. The zero-order chi connectivity index (χ0) is 18.8. The predicted octanol–water partition coefficient (Wildman–Crippen LogP) is 3.31. The van der Waals surface area contributed by atoms with Crippen LogP contribution >= 0.6 is 11.3 Å². The van der Waals surface area contributed by atoms with Gasteiger partial charge in [-0.1, -0.05) is 6.07 Å². The summed E-state index contributed by atoms with van der Waals surface area (Å²) in [6.07, 6.45) is 6.44. The molecule has 7 heteroatoms. The van der Waals surface area contributed by atoms with Gasteiger partial charge in [0.2, 0.25) is 0 Å². The van der Waals surface area contributed by atoms with Crippen LogP contribution in [0.2, 0.25) is 0 Å². The summed E-state index contributed by atoms with van der Waals surface area (Å²) in [4.78, 5) is 32.0. The Balaban J connectivity index is 1.62. The van der Waals surface area contributed by atoms with Gasteiger partial charge in [0.1, 0.15) is 17.0 Å². The molecule has 3 aromatic rings. The number of nitrogens with zero attached hydrogens (tertiary/aromatic N) is 5. The number of hydrogen-bond acceptors (Lipinski definition) is 6. The molecular formula is C20H23N5OS. The standard InChI is InChI=1S/C20H23N5OS/c1-14-16-18(24(2)12-8-15-7-3-4-9-21-15)22-13-23-19(16)27-17(14)20(26)25-10-5-6-11-25/h3-4,7,9,13H,5-6,8,10-12H2,1-2H3. The zero-order valence-electron chi connectivity index (χ0n) is 15.7. The fraction of sp³-hybridized carbons (Fsp3) is 0.400. The van der Waals surface area contributed by atoms with Gasteiger partial charge in [0.05, 0.1) is 10.3 Å². The van der Waals surface area contributed by atoms with Gasteiger partial charge in [-0.15, -0.1) is 11.3 Å². The van der Waals surface area contributed by atoms with Gasteiger partial charge in [0, 0.05) is 45.0 Å². The molecule has 140 valence electrons. The summed E-state index contributed by atoms with van der Waals surface area (Å²) < 4.78 is 0. The van der Waals surface area contributed by atoms with Crippen LogP contribution in [0.5, 0.6) is 0 Å². The number of amides is 1. The van der Waals surface area contributed by atoms with Crippen molar-refractivity contribution in [3.05, 3.63) is 46.9 Å². The minimum atomic E-state index is 0.134. The van der Waals surface area contributed by atoms with E-state index in [0.717, 1.165) is 71.1 Å². The lowest BCUT2D eigenvalue weighted by molar-refractivity contribution is 0.0797. The molecule has 0 unspecified atom stereocenters. The Morgan fingerprint density at radius 2 is 2.04 bits per heavy atom. The maximum atomic E-state index is 12.9. The Morgan fingerprint density at radius 3 is 2.78 bits per heavy atom. The number of fused-ring (bicyclic) bond motifs is 1. The summed E-state index contributed by atoms with van der Waals surface area (Å²) in [6, 6.07) is 5.96. The van der Waals surface area contributed by atoms with Gasteiger partial charge in [-0.05, 0) is 37.5 Å². The van der Waals surface area contributed by atoms with Crippen molar-refractivity contribution in [1.29, 1.82) is 0 Å². The van der Waals surface area contributed by atoms with Crippen molar-refractivity contribution >= 4 is 33.3 Å². The van der Waals surface area contributed by atoms with Crippen LogP contribution in [-0.4, -0.2) is 52.4 Å². The van der Waals surface area contributed by atoms with Crippen molar-refractivity contribution in [2.75, 3.05) is 31.6 Å². The van der Waals surface area contributed by atoms with E-state index in [1.165, 1.54) is 11.3 Å². The predicted molar refractivity (Wildman–Crippen MR) is 109 cm³/mol. The number of rotatable bonds is 5. The molecule has 0 saturated carbocycles. The van der Waals surface area contributed by atoms with Crippen molar-refractivity contribution in [3.63, 3.8) is 0 Å². The maximum Gasteiger partial charge on any atom is 0.264 e. The van der Waals surface area contributed by atoms with Crippen molar-refractivity contribution < 1.29 is 4.79 Å². The Kier molecular flexibility index (Phi) is 5.03. The van der Waals surface area contributed by atoms with E-state index in [9.17, 15) is 4.79 Å². The van der Waals surface area contributed by atoms with Crippen LogP contribution in [0.1, 0.15) is 33.8 Å². The van der Waals surface area contributed by atoms with Crippen LogP contribution < -0.4 is 4.90 Å². The highest BCUT2D eigenvalue weighted by atomic mass is 32.1. The maximum absolute atomic E-state index is 12.9. The number of anilines is 1. The first-order chi connectivity index (χ1) is 13.1. The quantitative estimate of drug-likeness (QED) is 0.678. The number of thiophene rings is 1. The average molecular weight is 382 g/mol. The largest absolute Gasteiger partial charge is 0.359 e. The lowest BCUT2D eigenvalue weighted by Gasteiger charge is -2.19. The second-order valence-electron chi connectivity index (χ2n) is 6.93. The van der Waals surface area contributed by atoms with E-state index in [1.807, 2.05) is 43.3 Å². The van der Waals surface area contributed by atoms with Crippen LogP contribution in [-0.2, 0) is 6.42 Å². The Bertz CT molecular complexity index is 950. The summed E-state index contributed by atoms with van der Waals surface area (Å²) >= 11 is 1.48. The number of carbonyl (C=O) groups excluding carboxylic acids is 1. The highest BCUT2D eigenvalue weighted by molar-refractivity contribution is 7.20. The Morgan fingerprint density at radius 1 is 1.22 bits per heavy atom. The molecule has 4 heterocycles. The lowest BCUT2D eigenvalue weighted by Crippen LogP contribution is -2.27. The number of carbonyl (C=O) groups is 1. The molecule has 0 aliphatic carbocycles. The number of likely N-dealkylation sites (tertiary alicyclic amines) is 1. The summed E-state index contributed by atoms with van der Waals surface area (Å²) in [5.41, 5.74) is 2.05. The van der Waals surface area contributed by atoms with Crippen LogP contribution in [0.15, 0.2) is 30.7 Å². The minimum absolute atomic E-state index is 0.134. The molecule has 1 fully saturated rings. The monoisotopic (exact) mass is 381 g/mol. The third-order valence-corrected chi connectivity index (χ3v) is 6.27. The first kappa shape index (κ1) is 17.9. The molecule has 1 aliphatic heterocycles. The number of aromatic nitrogens is 3. The molecule has 6 nitrogen and oxygen atoms in total. The summed E-state index contributed by atoms with van der Waals surface area (Å²) in [5, 5.41) is 0.994. The molecule has 0 bridgehead atoms. The molecule has 3 aromatic heterocycles. The third-order valence-electron chi connectivity index (χ3n) is 5.09. The first-order valence-corrected chi connectivity index (χ1v) is 10.1. The number of hydrogen-bond donors (Lipinski definition) is 0. The SMILES string of the molecule is Cc1c(C(=O)N2CCCC2)sc2ncnc(N(C)CCc3ccccn3)c12. The van der Waals surface area contributed by atoms with E-state index in [0.29, 0.717) is 0 Å². The molecular weight excluding hydrogens is 358 g/mol. The van der Waals surface area contributed by atoms with Gasteiger partial charge in [-0.25, -0.2) is 9.97 Å². The average Bonchev–Trinajstić information content (AvgIpc) is 3.35. The van der Waals surface area contributed by atoms with Crippen LogP contribution in [0.4, 0.5) is 5.82 Å².